The molecule has 70 valence electrons. The van der Waals surface area contributed by atoms with E-state index in [1.54, 1.807) is 17.1 Å². The molecular formula is C11H10N2O. The van der Waals surface area contributed by atoms with E-state index in [0.717, 1.165) is 17.5 Å². The summed E-state index contributed by atoms with van der Waals surface area (Å²) in [5.41, 5.74) is 2.69. The van der Waals surface area contributed by atoms with E-state index in [9.17, 15) is 4.79 Å². The molecule has 0 aliphatic carbocycles. The van der Waals surface area contributed by atoms with E-state index >= 15 is 0 Å². The zero-order valence-electron chi connectivity index (χ0n) is 7.84. The van der Waals surface area contributed by atoms with Crippen LogP contribution >= 0.6 is 0 Å². The highest BCUT2D eigenvalue weighted by molar-refractivity contribution is 5.73. The van der Waals surface area contributed by atoms with E-state index in [2.05, 4.69) is 4.98 Å². The minimum atomic E-state index is 0.565. The van der Waals surface area contributed by atoms with Gasteiger partial charge >= 0.3 is 0 Å². The van der Waals surface area contributed by atoms with Crippen LogP contribution in [0.3, 0.4) is 0 Å². The smallest absolute Gasteiger partial charge is 0.168 e. The second-order valence-electron chi connectivity index (χ2n) is 3.15. The maximum Gasteiger partial charge on any atom is 0.168 e. The Kier molecular flexibility index (Phi) is 2.14. The summed E-state index contributed by atoms with van der Waals surface area (Å²) in [4.78, 5) is 14.6. The molecular weight excluding hydrogens is 176 g/mol. The molecule has 1 aromatic heterocycles. The molecule has 0 bridgehead atoms. The molecule has 0 saturated carbocycles. The van der Waals surface area contributed by atoms with E-state index in [1.165, 1.54) is 0 Å². The summed E-state index contributed by atoms with van der Waals surface area (Å²) >= 11 is 0. The minimum Gasteiger partial charge on any atom is -0.296 e. The van der Waals surface area contributed by atoms with Gasteiger partial charge in [-0.2, -0.15) is 0 Å². The molecule has 1 heterocycles. The first-order chi connectivity index (χ1) is 6.81. The average Bonchev–Trinajstić information content (AvgIpc) is 2.65. The van der Waals surface area contributed by atoms with Crippen LogP contribution < -0.4 is 0 Å². The Balaban J connectivity index is 2.54. The van der Waals surface area contributed by atoms with Crippen molar-refractivity contribution in [1.29, 1.82) is 0 Å². The molecule has 0 fully saturated rings. The SMILES string of the molecule is Cc1cccc(-n2cncc2C=O)c1. The van der Waals surface area contributed by atoms with Crippen molar-refractivity contribution in [3.8, 4) is 5.69 Å². The van der Waals surface area contributed by atoms with Crippen LogP contribution in [-0.4, -0.2) is 15.8 Å². The third kappa shape index (κ3) is 1.44. The van der Waals surface area contributed by atoms with Crippen molar-refractivity contribution in [1.82, 2.24) is 9.55 Å². The number of nitrogens with zero attached hydrogens (tertiary/aromatic N) is 2. The monoisotopic (exact) mass is 186 g/mol. The fourth-order valence-electron chi connectivity index (χ4n) is 1.39. The Morgan fingerprint density at radius 2 is 2.29 bits per heavy atom. The molecule has 0 amide bonds. The highest BCUT2D eigenvalue weighted by Gasteiger charge is 2.02. The maximum absolute atomic E-state index is 10.7. The van der Waals surface area contributed by atoms with E-state index in [0.29, 0.717) is 5.69 Å². The highest BCUT2D eigenvalue weighted by Crippen LogP contribution is 2.11. The Hall–Kier alpha value is -1.90. The van der Waals surface area contributed by atoms with Gasteiger partial charge in [0.2, 0.25) is 0 Å². The third-order valence-electron chi connectivity index (χ3n) is 2.07. The summed E-state index contributed by atoms with van der Waals surface area (Å²) in [6, 6.07) is 7.93. The van der Waals surface area contributed by atoms with Gasteiger partial charge in [-0.3, -0.25) is 9.36 Å². The summed E-state index contributed by atoms with van der Waals surface area (Å²) in [6.07, 6.45) is 3.99. The predicted octanol–water partition coefficient (Wildman–Crippen LogP) is 1.99. The van der Waals surface area contributed by atoms with Crippen molar-refractivity contribution in [3.05, 3.63) is 48.0 Å². The number of carbonyl (C=O) groups excluding carboxylic acids is 1. The second-order valence-corrected chi connectivity index (χ2v) is 3.15. The molecule has 0 aliphatic rings. The summed E-state index contributed by atoms with van der Waals surface area (Å²) in [5.74, 6) is 0. The second kappa shape index (κ2) is 3.46. The minimum absolute atomic E-state index is 0.565. The van der Waals surface area contributed by atoms with Crippen LogP contribution in [0.1, 0.15) is 16.1 Å². The maximum atomic E-state index is 10.7. The van der Waals surface area contributed by atoms with Crippen LogP contribution in [0.25, 0.3) is 5.69 Å². The molecule has 0 spiro atoms. The first kappa shape index (κ1) is 8.69. The molecule has 0 aliphatic heterocycles. The van der Waals surface area contributed by atoms with Gasteiger partial charge in [-0.15, -0.1) is 0 Å². The number of imidazole rings is 1. The Morgan fingerprint density at radius 3 is 3.00 bits per heavy atom. The molecule has 0 atom stereocenters. The third-order valence-corrected chi connectivity index (χ3v) is 2.07. The molecule has 2 aromatic rings. The highest BCUT2D eigenvalue weighted by atomic mass is 16.1. The predicted molar refractivity (Wildman–Crippen MR) is 53.7 cm³/mol. The zero-order chi connectivity index (χ0) is 9.97. The molecule has 2 rings (SSSR count). The first-order valence-electron chi connectivity index (χ1n) is 4.36. The largest absolute Gasteiger partial charge is 0.296 e. The lowest BCUT2D eigenvalue weighted by Gasteiger charge is -2.04. The Bertz CT molecular complexity index is 460. The van der Waals surface area contributed by atoms with Gasteiger partial charge in [0, 0.05) is 5.69 Å². The van der Waals surface area contributed by atoms with Crippen molar-refractivity contribution in [2.75, 3.05) is 0 Å². The van der Waals surface area contributed by atoms with E-state index in [-0.39, 0.29) is 0 Å². The van der Waals surface area contributed by atoms with Gasteiger partial charge in [-0.1, -0.05) is 12.1 Å². The van der Waals surface area contributed by atoms with Gasteiger partial charge in [0.25, 0.3) is 0 Å². The summed E-state index contributed by atoms with van der Waals surface area (Å²) in [7, 11) is 0. The van der Waals surface area contributed by atoms with Gasteiger partial charge in [-0.05, 0) is 24.6 Å². The van der Waals surface area contributed by atoms with Gasteiger partial charge in [0.05, 0.1) is 12.5 Å². The lowest BCUT2D eigenvalue weighted by Crippen LogP contribution is -1.97. The number of aldehydes is 1. The van der Waals surface area contributed by atoms with Gasteiger partial charge in [0.1, 0.15) is 5.69 Å². The van der Waals surface area contributed by atoms with Gasteiger partial charge < -0.3 is 0 Å². The standard InChI is InChI=1S/C11H10N2O/c1-9-3-2-4-10(5-9)13-8-12-6-11(13)7-14/h2-8H,1H3. The number of carbonyl (C=O) groups is 1. The number of hydrogen-bond acceptors (Lipinski definition) is 2. The van der Waals surface area contributed by atoms with Crippen molar-refractivity contribution in [2.24, 2.45) is 0 Å². The van der Waals surface area contributed by atoms with Crippen LogP contribution in [0.15, 0.2) is 36.8 Å². The quantitative estimate of drug-likeness (QED) is 0.672. The van der Waals surface area contributed by atoms with E-state index < -0.39 is 0 Å². The zero-order valence-corrected chi connectivity index (χ0v) is 7.84. The fraction of sp³-hybridized carbons (Fsp3) is 0.0909. The van der Waals surface area contributed by atoms with Crippen molar-refractivity contribution in [3.63, 3.8) is 0 Å². The topological polar surface area (TPSA) is 34.9 Å². The summed E-state index contributed by atoms with van der Waals surface area (Å²) < 4.78 is 1.76. The average molecular weight is 186 g/mol. The van der Waals surface area contributed by atoms with E-state index in [1.807, 2.05) is 31.2 Å². The van der Waals surface area contributed by atoms with Crippen LogP contribution in [0.5, 0.6) is 0 Å². The van der Waals surface area contributed by atoms with Gasteiger partial charge in [0.15, 0.2) is 6.29 Å². The Labute approximate surface area is 82.0 Å². The molecule has 3 nitrogen and oxygen atoms in total. The number of aryl methyl sites for hydroxylation is 1. The lowest BCUT2D eigenvalue weighted by atomic mass is 10.2. The fourth-order valence-corrected chi connectivity index (χ4v) is 1.39. The first-order valence-corrected chi connectivity index (χ1v) is 4.36. The number of benzene rings is 1. The van der Waals surface area contributed by atoms with Crippen LogP contribution in [0.4, 0.5) is 0 Å². The Morgan fingerprint density at radius 1 is 1.43 bits per heavy atom. The molecule has 0 unspecified atom stereocenters. The van der Waals surface area contributed by atoms with Crippen LogP contribution in [-0.2, 0) is 0 Å². The lowest BCUT2D eigenvalue weighted by molar-refractivity contribution is 0.111. The number of aromatic nitrogens is 2. The van der Waals surface area contributed by atoms with Crippen LogP contribution in [0.2, 0.25) is 0 Å². The number of rotatable bonds is 2. The van der Waals surface area contributed by atoms with Crippen molar-refractivity contribution < 1.29 is 4.79 Å². The van der Waals surface area contributed by atoms with Crippen molar-refractivity contribution >= 4 is 6.29 Å². The summed E-state index contributed by atoms with van der Waals surface area (Å²) in [5, 5.41) is 0. The van der Waals surface area contributed by atoms with Gasteiger partial charge in [-0.25, -0.2) is 4.98 Å². The molecule has 1 aromatic carbocycles. The van der Waals surface area contributed by atoms with E-state index in [4.69, 9.17) is 0 Å². The normalized spacial score (nSPS) is 10.1. The van der Waals surface area contributed by atoms with Crippen LogP contribution in [0, 0.1) is 6.92 Å². The molecule has 0 radical (unpaired) electrons. The number of hydrogen-bond donors (Lipinski definition) is 0. The molecule has 3 heteroatoms. The molecule has 0 N–H and O–H groups in total. The molecule has 0 saturated heterocycles. The summed E-state index contributed by atoms with van der Waals surface area (Å²) in [6.45, 7) is 2.01. The molecule has 14 heavy (non-hydrogen) atoms. The van der Waals surface area contributed by atoms with Crippen molar-refractivity contribution in [2.45, 2.75) is 6.92 Å².